The molecule has 1 aromatic heterocycles. The minimum Gasteiger partial charge on any atom is -0.384 e. The molecule has 8 heteroatoms. The fourth-order valence-electron chi connectivity index (χ4n) is 4.74. The zero-order valence-electron chi connectivity index (χ0n) is 15.8. The molecule has 3 N–H and O–H groups in total. The standard InChI is InChI=1S/C22H16FN5O2/c23-12-6-7-16-14(9-12)22(21(30)27-16)15(10-24)20(25)28(13-3-2-8-26-11-13)17-4-1-5-18(29)19(17)22/h2-3,6-9,11H,1,4-5,25H2,(H,27,30). The van der Waals surface area contributed by atoms with E-state index in [0.29, 0.717) is 29.9 Å². The number of nitrogens with zero attached hydrogens (tertiary/aromatic N) is 3. The Kier molecular flexibility index (Phi) is 3.77. The zero-order chi connectivity index (χ0) is 21.0. The highest BCUT2D eigenvalue weighted by molar-refractivity contribution is 6.19. The van der Waals surface area contributed by atoms with E-state index in [1.165, 1.54) is 18.2 Å². The predicted octanol–water partition coefficient (Wildman–Crippen LogP) is 2.63. The molecule has 1 spiro atoms. The number of nitrogens with two attached hydrogens (primary N) is 1. The van der Waals surface area contributed by atoms with Gasteiger partial charge in [0.25, 0.3) is 0 Å². The van der Waals surface area contributed by atoms with Crippen molar-refractivity contribution in [2.24, 2.45) is 5.73 Å². The topological polar surface area (TPSA) is 112 Å². The van der Waals surface area contributed by atoms with E-state index < -0.39 is 17.1 Å². The number of halogens is 1. The summed E-state index contributed by atoms with van der Waals surface area (Å²) in [4.78, 5) is 32.3. The molecular weight excluding hydrogens is 385 g/mol. The van der Waals surface area contributed by atoms with Gasteiger partial charge in [0.15, 0.2) is 5.78 Å². The summed E-state index contributed by atoms with van der Waals surface area (Å²) in [5, 5.41) is 12.8. The predicted molar refractivity (Wildman–Crippen MR) is 106 cm³/mol. The van der Waals surface area contributed by atoms with Crippen LogP contribution in [0.1, 0.15) is 24.8 Å². The van der Waals surface area contributed by atoms with Crippen LogP contribution in [0.25, 0.3) is 0 Å². The van der Waals surface area contributed by atoms with E-state index in [9.17, 15) is 19.2 Å². The van der Waals surface area contributed by atoms with Crippen molar-refractivity contribution < 1.29 is 14.0 Å². The molecule has 0 radical (unpaired) electrons. The summed E-state index contributed by atoms with van der Waals surface area (Å²) in [6.45, 7) is 0. The van der Waals surface area contributed by atoms with Gasteiger partial charge in [-0.25, -0.2) is 4.39 Å². The summed E-state index contributed by atoms with van der Waals surface area (Å²) in [5.41, 5.74) is 6.52. The Hall–Kier alpha value is -3.99. The van der Waals surface area contributed by atoms with Crippen molar-refractivity contribution >= 4 is 23.1 Å². The number of amides is 1. The van der Waals surface area contributed by atoms with Crippen molar-refractivity contribution in [3.05, 3.63) is 76.8 Å². The molecule has 2 aromatic rings. The second kappa shape index (κ2) is 6.26. The monoisotopic (exact) mass is 401 g/mol. The number of aromatic nitrogens is 1. The fourth-order valence-corrected chi connectivity index (χ4v) is 4.74. The highest BCUT2D eigenvalue weighted by Crippen LogP contribution is 2.55. The van der Waals surface area contributed by atoms with Crippen LogP contribution in [-0.2, 0) is 15.0 Å². The number of nitrogens with one attached hydrogen (secondary N) is 1. The highest BCUT2D eigenvalue weighted by Gasteiger charge is 2.60. The molecule has 0 bridgehead atoms. The number of pyridine rings is 1. The van der Waals surface area contributed by atoms with E-state index in [1.807, 2.05) is 0 Å². The van der Waals surface area contributed by atoms with Crippen LogP contribution in [0.3, 0.4) is 0 Å². The van der Waals surface area contributed by atoms with Gasteiger partial charge in [0.05, 0.1) is 17.5 Å². The first-order valence-corrected chi connectivity index (χ1v) is 9.49. The maximum atomic E-state index is 14.2. The molecule has 7 nitrogen and oxygen atoms in total. The van der Waals surface area contributed by atoms with Gasteiger partial charge < -0.3 is 11.1 Å². The fraction of sp³-hybridized carbons (Fsp3) is 0.182. The largest absolute Gasteiger partial charge is 0.384 e. The molecule has 5 rings (SSSR count). The third-order valence-electron chi connectivity index (χ3n) is 5.89. The molecule has 0 saturated heterocycles. The van der Waals surface area contributed by atoms with Crippen LogP contribution >= 0.6 is 0 Å². The van der Waals surface area contributed by atoms with Crippen LogP contribution in [0.4, 0.5) is 15.8 Å². The molecule has 1 aromatic carbocycles. The zero-order valence-corrected chi connectivity index (χ0v) is 15.8. The van der Waals surface area contributed by atoms with Crippen LogP contribution in [-0.4, -0.2) is 16.7 Å². The number of fused-ring (bicyclic) bond motifs is 3. The molecule has 1 atom stereocenters. The Morgan fingerprint density at radius 3 is 2.83 bits per heavy atom. The molecule has 2 aliphatic heterocycles. The number of nitriles is 1. The molecule has 148 valence electrons. The molecular formula is C22H16FN5O2. The van der Waals surface area contributed by atoms with E-state index in [1.54, 1.807) is 29.4 Å². The molecule has 1 unspecified atom stereocenters. The van der Waals surface area contributed by atoms with Crippen molar-refractivity contribution in [3.8, 4) is 6.07 Å². The van der Waals surface area contributed by atoms with E-state index >= 15 is 0 Å². The lowest BCUT2D eigenvalue weighted by Crippen LogP contribution is -2.50. The number of rotatable bonds is 1. The number of allylic oxidation sites excluding steroid dienone is 1. The van der Waals surface area contributed by atoms with Crippen LogP contribution in [0.5, 0.6) is 0 Å². The second-order valence-electron chi connectivity index (χ2n) is 7.41. The number of Topliss-reactive ketones (excluding diaryl/α,β-unsaturated/α-hetero) is 1. The van der Waals surface area contributed by atoms with Gasteiger partial charge in [0, 0.05) is 35.1 Å². The van der Waals surface area contributed by atoms with Crippen LogP contribution < -0.4 is 16.0 Å². The molecule has 1 amide bonds. The Bertz CT molecular complexity index is 1230. The molecule has 1 aliphatic carbocycles. The Morgan fingerprint density at radius 1 is 1.27 bits per heavy atom. The Morgan fingerprint density at radius 2 is 2.10 bits per heavy atom. The molecule has 3 aliphatic rings. The van der Waals surface area contributed by atoms with Gasteiger partial charge in [-0.2, -0.15) is 5.26 Å². The summed E-state index contributed by atoms with van der Waals surface area (Å²) < 4.78 is 14.2. The van der Waals surface area contributed by atoms with Crippen LogP contribution in [0.15, 0.2) is 65.4 Å². The quantitative estimate of drug-likeness (QED) is 0.760. The number of hydrogen-bond donors (Lipinski definition) is 2. The molecule has 30 heavy (non-hydrogen) atoms. The molecule has 3 heterocycles. The first-order valence-electron chi connectivity index (χ1n) is 9.49. The van der Waals surface area contributed by atoms with Crippen LogP contribution in [0, 0.1) is 17.1 Å². The number of hydrogen-bond acceptors (Lipinski definition) is 6. The SMILES string of the molecule is N#CC1=C(N)N(c2cccnc2)C2=C(C(=O)CCC2)C12C(=O)Nc1ccc(F)cc12. The minimum absolute atomic E-state index is 0.0335. The van der Waals surface area contributed by atoms with E-state index in [-0.39, 0.29) is 34.7 Å². The summed E-state index contributed by atoms with van der Waals surface area (Å²) in [6, 6.07) is 9.39. The lowest BCUT2D eigenvalue weighted by atomic mass is 9.64. The van der Waals surface area contributed by atoms with Gasteiger partial charge >= 0.3 is 0 Å². The normalized spacial score (nSPS) is 22.7. The number of carbonyl (C=O) groups is 2. The maximum absolute atomic E-state index is 14.2. The lowest BCUT2D eigenvalue weighted by molar-refractivity contribution is -0.122. The third kappa shape index (κ3) is 2.14. The maximum Gasteiger partial charge on any atom is 0.245 e. The first kappa shape index (κ1) is 18.1. The van der Waals surface area contributed by atoms with Gasteiger partial charge in [0.2, 0.25) is 5.91 Å². The van der Waals surface area contributed by atoms with Crippen molar-refractivity contribution in [1.82, 2.24) is 4.98 Å². The second-order valence-corrected chi connectivity index (χ2v) is 7.41. The summed E-state index contributed by atoms with van der Waals surface area (Å²) >= 11 is 0. The van der Waals surface area contributed by atoms with Crippen LogP contribution in [0.2, 0.25) is 0 Å². The van der Waals surface area contributed by atoms with E-state index in [2.05, 4.69) is 16.4 Å². The van der Waals surface area contributed by atoms with Crippen molar-refractivity contribution in [2.75, 3.05) is 10.2 Å². The van der Waals surface area contributed by atoms with Gasteiger partial charge in [-0.15, -0.1) is 0 Å². The molecule has 0 saturated carbocycles. The summed E-state index contributed by atoms with van der Waals surface area (Å²) in [7, 11) is 0. The van der Waals surface area contributed by atoms with Gasteiger partial charge in [-0.05, 0) is 43.2 Å². The lowest BCUT2D eigenvalue weighted by Gasteiger charge is -2.43. The number of ketones is 1. The number of benzene rings is 1. The summed E-state index contributed by atoms with van der Waals surface area (Å²) in [6.07, 6.45) is 4.47. The van der Waals surface area contributed by atoms with E-state index in [4.69, 9.17) is 5.73 Å². The van der Waals surface area contributed by atoms with Crippen molar-refractivity contribution in [1.29, 1.82) is 5.26 Å². The average Bonchev–Trinajstić information content (AvgIpc) is 3.01. The smallest absolute Gasteiger partial charge is 0.245 e. The number of carbonyl (C=O) groups excluding carboxylic acids is 2. The van der Waals surface area contributed by atoms with Gasteiger partial charge in [-0.1, -0.05) is 0 Å². The van der Waals surface area contributed by atoms with Crippen molar-refractivity contribution in [2.45, 2.75) is 24.7 Å². The highest BCUT2D eigenvalue weighted by atomic mass is 19.1. The minimum atomic E-state index is -1.76. The Labute approximate surface area is 171 Å². The number of anilines is 2. The van der Waals surface area contributed by atoms with Gasteiger partial charge in [0.1, 0.15) is 23.1 Å². The summed E-state index contributed by atoms with van der Waals surface area (Å²) in [5.74, 6) is -1.36. The Balaban J connectivity index is 1.90. The van der Waals surface area contributed by atoms with E-state index in [0.717, 1.165) is 0 Å². The van der Waals surface area contributed by atoms with Crippen molar-refractivity contribution in [3.63, 3.8) is 0 Å². The first-order chi connectivity index (χ1) is 14.5. The van der Waals surface area contributed by atoms with Gasteiger partial charge in [-0.3, -0.25) is 19.5 Å². The molecule has 0 fully saturated rings. The average molecular weight is 401 g/mol. The third-order valence-corrected chi connectivity index (χ3v) is 5.89.